The van der Waals surface area contributed by atoms with Crippen molar-refractivity contribution in [3.63, 3.8) is 0 Å². The van der Waals surface area contributed by atoms with E-state index >= 15 is 0 Å². The van der Waals surface area contributed by atoms with Crippen LogP contribution >= 0.6 is 15.9 Å². The number of aromatic nitrogens is 1. The number of fused-ring (bicyclic) bond motifs is 1. The molecule has 0 saturated heterocycles. The number of hydrogen-bond donors (Lipinski definition) is 1. The zero-order chi connectivity index (χ0) is 9.42. The molecular formula is C10H8BrNO. The SMILES string of the molecule is Cc1c(Br)cnc2ccc(O)cc12. The van der Waals surface area contributed by atoms with Gasteiger partial charge in [-0.05, 0) is 46.6 Å². The van der Waals surface area contributed by atoms with Crippen LogP contribution < -0.4 is 0 Å². The van der Waals surface area contributed by atoms with Crippen molar-refractivity contribution in [2.75, 3.05) is 0 Å². The molecule has 0 radical (unpaired) electrons. The second-order valence-electron chi connectivity index (χ2n) is 2.93. The van der Waals surface area contributed by atoms with Gasteiger partial charge in [0.25, 0.3) is 0 Å². The smallest absolute Gasteiger partial charge is 0.116 e. The van der Waals surface area contributed by atoms with Gasteiger partial charge in [0.1, 0.15) is 5.75 Å². The van der Waals surface area contributed by atoms with Crippen LogP contribution in [0, 0.1) is 6.92 Å². The van der Waals surface area contributed by atoms with Crippen LogP contribution in [0.4, 0.5) is 0 Å². The van der Waals surface area contributed by atoms with Crippen LogP contribution in [-0.4, -0.2) is 10.1 Å². The molecule has 0 amide bonds. The molecule has 0 spiro atoms. The number of benzene rings is 1. The highest BCUT2D eigenvalue weighted by molar-refractivity contribution is 9.10. The van der Waals surface area contributed by atoms with Crippen molar-refractivity contribution in [2.24, 2.45) is 0 Å². The Hall–Kier alpha value is -1.09. The second kappa shape index (κ2) is 3.00. The van der Waals surface area contributed by atoms with Gasteiger partial charge in [-0.25, -0.2) is 0 Å². The Labute approximate surface area is 84.4 Å². The van der Waals surface area contributed by atoms with Crippen molar-refractivity contribution in [1.82, 2.24) is 4.98 Å². The van der Waals surface area contributed by atoms with Crippen LogP contribution in [0.15, 0.2) is 28.9 Å². The van der Waals surface area contributed by atoms with Crippen molar-refractivity contribution in [3.8, 4) is 5.75 Å². The zero-order valence-electron chi connectivity index (χ0n) is 7.08. The van der Waals surface area contributed by atoms with Crippen LogP contribution in [-0.2, 0) is 0 Å². The number of rotatable bonds is 0. The number of nitrogens with zero attached hydrogens (tertiary/aromatic N) is 1. The first-order chi connectivity index (χ1) is 6.18. The molecule has 0 fully saturated rings. The number of phenolic OH excluding ortho intramolecular Hbond substituents is 1. The fourth-order valence-electron chi connectivity index (χ4n) is 1.29. The van der Waals surface area contributed by atoms with Crippen LogP contribution in [0.25, 0.3) is 10.9 Å². The maximum atomic E-state index is 9.30. The summed E-state index contributed by atoms with van der Waals surface area (Å²) in [5, 5.41) is 10.3. The van der Waals surface area contributed by atoms with Gasteiger partial charge in [-0.1, -0.05) is 0 Å². The van der Waals surface area contributed by atoms with Gasteiger partial charge >= 0.3 is 0 Å². The van der Waals surface area contributed by atoms with Crippen LogP contribution in [0.5, 0.6) is 5.75 Å². The van der Waals surface area contributed by atoms with Gasteiger partial charge in [0.05, 0.1) is 5.52 Å². The Morgan fingerprint density at radius 1 is 1.38 bits per heavy atom. The van der Waals surface area contributed by atoms with Gasteiger partial charge in [-0.3, -0.25) is 4.98 Å². The topological polar surface area (TPSA) is 33.1 Å². The van der Waals surface area contributed by atoms with E-state index in [2.05, 4.69) is 20.9 Å². The molecule has 13 heavy (non-hydrogen) atoms. The summed E-state index contributed by atoms with van der Waals surface area (Å²) in [5.41, 5.74) is 2.00. The third-order valence-corrected chi connectivity index (χ3v) is 2.86. The number of aryl methyl sites for hydroxylation is 1. The van der Waals surface area contributed by atoms with Crippen molar-refractivity contribution in [1.29, 1.82) is 0 Å². The van der Waals surface area contributed by atoms with E-state index in [4.69, 9.17) is 0 Å². The highest BCUT2D eigenvalue weighted by Gasteiger charge is 2.02. The van der Waals surface area contributed by atoms with Gasteiger partial charge in [0, 0.05) is 16.1 Å². The first kappa shape index (κ1) is 8.51. The molecule has 2 rings (SSSR count). The summed E-state index contributed by atoms with van der Waals surface area (Å²) in [7, 11) is 0. The lowest BCUT2D eigenvalue weighted by atomic mass is 10.1. The molecule has 0 saturated carbocycles. The highest BCUT2D eigenvalue weighted by Crippen LogP contribution is 2.26. The maximum absolute atomic E-state index is 9.30. The zero-order valence-corrected chi connectivity index (χ0v) is 8.67. The van der Waals surface area contributed by atoms with Crippen LogP contribution in [0.2, 0.25) is 0 Å². The summed E-state index contributed by atoms with van der Waals surface area (Å²) >= 11 is 3.40. The minimum atomic E-state index is 0.274. The van der Waals surface area contributed by atoms with Crippen molar-refractivity contribution < 1.29 is 5.11 Å². The number of halogens is 1. The number of phenols is 1. The Balaban J connectivity index is 2.89. The third kappa shape index (κ3) is 1.40. The van der Waals surface area contributed by atoms with E-state index in [-0.39, 0.29) is 5.75 Å². The maximum Gasteiger partial charge on any atom is 0.116 e. The summed E-state index contributed by atoms with van der Waals surface area (Å²) in [6.45, 7) is 1.99. The van der Waals surface area contributed by atoms with E-state index in [9.17, 15) is 5.11 Å². The predicted octanol–water partition coefficient (Wildman–Crippen LogP) is 3.01. The molecule has 0 aliphatic heterocycles. The Morgan fingerprint density at radius 3 is 2.92 bits per heavy atom. The van der Waals surface area contributed by atoms with E-state index in [0.29, 0.717) is 0 Å². The van der Waals surface area contributed by atoms with E-state index in [1.807, 2.05) is 13.0 Å². The van der Waals surface area contributed by atoms with Gasteiger partial charge in [0.15, 0.2) is 0 Å². The minimum Gasteiger partial charge on any atom is -0.508 e. The molecule has 0 bridgehead atoms. The van der Waals surface area contributed by atoms with Crippen LogP contribution in [0.3, 0.4) is 0 Å². The van der Waals surface area contributed by atoms with Crippen LogP contribution in [0.1, 0.15) is 5.56 Å². The van der Waals surface area contributed by atoms with E-state index in [0.717, 1.165) is 20.9 Å². The molecular weight excluding hydrogens is 230 g/mol. The number of pyridine rings is 1. The minimum absolute atomic E-state index is 0.274. The van der Waals surface area contributed by atoms with Gasteiger partial charge in [0.2, 0.25) is 0 Å². The quantitative estimate of drug-likeness (QED) is 0.765. The van der Waals surface area contributed by atoms with Crippen molar-refractivity contribution in [2.45, 2.75) is 6.92 Å². The lowest BCUT2D eigenvalue weighted by molar-refractivity contribution is 0.476. The van der Waals surface area contributed by atoms with E-state index in [1.54, 1.807) is 18.3 Å². The molecule has 2 aromatic rings. The molecule has 66 valence electrons. The summed E-state index contributed by atoms with van der Waals surface area (Å²) < 4.78 is 0.964. The summed E-state index contributed by atoms with van der Waals surface area (Å²) in [5.74, 6) is 0.274. The fraction of sp³-hybridized carbons (Fsp3) is 0.100. The molecule has 3 heteroatoms. The average molecular weight is 238 g/mol. The van der Waals surface area contributed by atoms with Crippen molar-refractivity contribution in [3.05, 3.63) is 34.4 Å². The Morgan fingerprint density at radius 2 is 2.15 bits per heavy atom. The number of aromatic hydroxyl groups is 1. The first-order valence-corrected chi connectivity index (χ1v) is 4.71. The molecule has 0 atom stereocenters. The second-order valence-corrected chi connectivity index (χ2v) is 3.79. The number of hydrogen-bond acceptors (Lipinski definition) is 2. The van der Waals surface area contributed by atoms with E-state index in [1.165, 1.54) is 0 Å². The van der Waals surface area contributed by atoms with Gasteiger partial charge in [-0.15, -0.1) is 0 Å². The lowest BCUT2D eigenvalue weighted by Crippen LogP contribution is -1.83. The molecule has 0 aliphatic rings. The largest absolute Gasteiger partial charge is 0.508 e. The summed E-state index contributed by atoms with van der Waals surface area (Å²) in [4.78, 5) is 4.22. The standard InChI is InChI=1S/C10H8BrNO/c1-6-8-4-7(13)2-3-10(8)12-5-9(6)11/h2-5,13H,1H3. The highest BCUT2D eigenvalue weighted by atomic mass is 79.9. The Bertz CT molecular complexity index is 462. The summed E-state index contributed by atoms with van der Waals surface area (Å²) in [6.07, 6.45) is 1.77. The van der Waals surface area contributed by atoms with Gasteiger partial charge in [-0.2, -0.15) is 0 Å². The monoisotopic (exact) mass is 237 g/mol. The third-order valence-electron chi connectivity index (χ3n) is 2.06. The predicted molar refractivity (Wildman–Crippen MR) is 55.8 cm³/mol. The lowest BCUT2D eigenvalue weighted by Gasteiger charge is -2.03. The van der Waals surface area contributed by atoms with Gasteiger partial charge < -0.3 is 5.11 Å². The average Bonchev–Trinajstić information content (AvgIpc) is 2.12. The normalized spacial score (nSPS) is 10.6. The van der Waals surface area contributed by atoms with E-state index < -0.39 is 0 Å². The molecule has 1 aromatic heterocycles. The molecule has 2 nitrogen and oxygen atoms in total. The molecule has 0 aliphatic carbocycles. The molecule has 0 unspecified atom stereocenters. The fourth-order valence-corrected chi connectivity index (χ4v) is 1.60. The summed E-state index contributed by atoms with van der Waals surface area (Å²) in [6, 6.07) is 5.18. The molecule has 1 aromatic carbocycles. The Kier molecular flexibility index (Phi) is 1.96. The molecule has 1 N–H and O–H groups in total. The molecule has 1 heterocycles. The first-order valence-electron chi connectivity index (χ1n) is 3.92. The van der Waals surface area contributed by atoms with Crippen molar-refractivity contribution >= 4 is 26.8 Å².